The van der Waals surface area contributed by atoms with Gasteiger partial charge in [0.2, 0.25) is 0 Å². The lowest BCUT2D eigenvalue weighted by Gasteiger charge is -2.41. The molecule has 7 rings (SSSR count). The fourth-order valence-corrected chi connectivity index (χ4v) is 5.58. The summed E-state index contributed by atoms with van der Waals surface area (Å²) in [5.74, 6) is 1.79. The van der Waals surface area contributed by atoms with Gasteiger partial charge in [-0.05, 0) is 23.3 Å². The first-order chi connectivity index (χ1) is 16.4. The van der Waals surface area contributed by atoms with Gasteiger partial charge in [0.05, 0.1) is 10.9 Å². The molecule has 2 heterocycles. The summed E-state index contributed by atoms with van der Waals surface area (Å²) in [6.07, 6.45) is 0. The molecular formula is C31H21NO. The standard InChI is InChI=1S/C31H21NO/c1-3-11-21(12-4-1)31(22-13-5-2-6-14-22)25-16-8-10-18-28(25)33-30-26(31)20-19-24-23-15-7-9-17-27(23)32-29(24)30/h1-20,32H. The van der Waals surface area contributed by atoms with Gasteiger partial charge in [0.15, 0.2) is 5.75 Å². The predicted octanol–water partition coefficient (Wildman–Crippen LogP) is 7.81. The van der Waals surface area contributed by atoms with Crippen LogP contribution in [0.25, 0.3) is 21.8 Å². The van der Waals surface area contributed by atoms with Crippen molar-refractivity contribution in [2.24, 2.45) is 0 Å². The number of hydrogen-bond acceptors (Lipinski definition) is 1. The Bertz CT molecular complexity index is 1590. The Morgan fingerprint density at radius 3 is 1.91 bits per heavy atom. The molecule has 2 nitrogen and oxygen atoms in total. The third-order valence-corrected chi connectivity index (χ3v) is 6.96. The smallest absolute Gasteiger partial charge is 0.156 e. The highest BCUT2D eigenvalue weighted by Gasteiger charge is 2.45. The van der Waals surface area contributed by atoms with Gasteiger partial charge >= 0.3 is 0 Å². The number of H-pyrrole nitrogens is 1. The number of fused-ring (bicyclic) bond motifs is 6. The molecule has 0 saturated carbocycles. The van der Waals surface area contributed by atoms with Gasteiger partial charge in [-0.2, -0.15) is 0 Å². The average molecular weight is 424 g/mol. The van der Waals surface area contributed by atoms with Gasteiger partial charge in [-0.1, -0.05) is 109 Å². The van der Waals surface area contributed by atoms with E-state index in [2.05, 4.69) is 126 Å². The largest absolute Gasteiger partial charge is 0.454 e. The van der Waals surface area contributed by atoms with E-state index >= 15 is 0 Å². The quantitative estimate of drug-likeness (QED) is 0.301. The zero-order chi connectivity index (χ0) is 21.8. The highest BCUT2D eigenvalue weighted by atomic mass is 16.5. The van der Waals surface area contributed by atoms with Gasteiger partial charge < -0.3 is 9.72 Å². The molecule has 0 unspecified atom stereocenters. The van der Waals surface area contributed by atoms with E-state index in [9.17, 15) is 0 Å². The van der Waals surface area contributed by atoms with E-state index in [4.69, 9.17) is 4.74 Å². The lowest BCUT2D eigenvalue weighted by Crippen LogP contribution is -2.34. The topological polar surface area (TPSA) is 25.0 Å². The Balaban J connectivity index is 1.68. The highest BCUT2D eigenvalue weighted by Crippen LogP contribution is 2.56. The molecule has 156 valence electrons. The summed E-state index contributed by atoms with van der Waals surface area (Å²) in [5.41, 5.74) is 6.43. The minimum atomic E-state index is -0.488. The van der Waals surface area contributed by atoms with Crippen LogP contribution in [0.3, 0.4) is 0 Å². The molecule has 0 saturated heterocycles. The molecule has 0 fully saturated rings. The van der Waals surface area contributed by atoms with Gasteiger partial charge in [0.25, 0.3) is 0 Å². The first kappa shape index (κ1) is 18.3. The number of hydrogen-bond donors (Lipinski definition) is 1. The summed E-state index contributed by atoms with van der Waals surface area (Å²) in [5, 5.41) is 2.39. The second kappa shape index (κ2) is 6.85. The second-order valence-electron chi connectivity index (χ2n) is 8.62. The maximum Gasteiger partial charge on any atom is 0.156 e. The number of rotatable bonds is 2. The van der Waals surface area contributed by atoms with Crippen molar-refractivity contribution in [1.82, 2.24) is 4.98 Å². The third-order valence-electron chi connectivity index (χ3n) is 6.96. The van der Waals surface area contributed by atoms with Crippen LogP contribution in [0.2, 0.25) is 0 Å². The summed E-state index contributed by atoms with van der Waals surface area (Å²) in [6, 6.07) is 43.0. The zero-order valence-corrected chi connectivity index (χ0v) is 18.0. The molecule has 1 aliphatic heterocycles. The highest BCUT2D eigenvalue weighted by molar-refractivity contribution is 6.10. The summed E-state index contributed by atoms with van der Waals surface area (Å²) in [4.78, 5) is 3.65. The predicted molar refractivity (Wildman–Crippen MR) is 134 cm³/mol. The molecule has 1 aliphatic rings. The van der Waals surface area contributed by atoms with E-state index in [0.29, 0.717) is 0 Å². The molecule has 6 aromatic rings. The Labute approximate surface area is 192 Å². The van der Waals surface area contributed by atoms with Crippen molar-refractivity contribution in [3.63, 3.8) is 0 Å². The van der Waals surface area contributed by atoms with E-state index in [0.717, 1.165) is 33.7 Å². The Morgan fingerprint density at radius 1 is 0.515 bits per heavy atom. The molecule has 0 bridgehead atoms. The molecule has 0 atom stereocenters. The zero-order valence-electron chi connectivity index (χ0n) is 18.0. The fraction of sp³-hybridized carbons (Fsp3) is 0.0323. The third kappa shape index (κ3) is 2.43. The molecule has 1 N–H and O–H groups in total. The molecular weight excluding hydrogens is 402 g/mol. The van der Waals surface area contributed by atoms with Crippen LogP contribution >= 0.6 is 0 Å². The molecule has 2 heteroatoms. The summed E-state index contributed by atoms with van der Waals surface area (Å²) in [6.45, 7) is 0. The van der Waals surface area contributed by atoms with Crippen LogP contribution in [0.15, 0.2) is 121 Å². The first-order valence-electron chi connectivity index (χ1n) is 11.3. The van der Waals surface area contributed by atoms with Gasteiger partial charge in [-0.15, -0.1) is 0 Å². The molecule has 0 aliphatic carbocycles. The van der Waals surface area contributed by atoms with Crippen LogP contribution < -0.4 is 4.74 Å². The lowest BCUT2D eigenvalue weighted by molar-refractivity contribution is 0.439. The van der Waals surface area contributed by atoms with Crippen molar-refractivity contribution in [2.75, 3.05) is 0 Å². The second-order valence-corrected chi connectivity index (χ2v) is 8.62. The maximum atomic E-state index is 6.69. The first-order valence-corrected chi connectivity index (χ1v) is 11.3. The van der Waals surface area contributed by atoms with Crippen molar-refractivity contribution in [2.45, 2.75) is 5.41 Å². The molecule has 1 aromatic heterocycles. The van der Waals surface area contributed by atoms with Crippen molar-refractivity contribution >= 4 is 21.8 Å². The average Bonchev–Trinajstić information content (AvgIpc) is 3.28. The SMILES string of the molecule is c1ccc(C2(c3ccccc3)c3ccccc3Oc3c2ccc2c3[nH]c3ccccc32)cc1. The van der Waals surface area contributed by atoms with E-state index in [1.807, 2.05) is 0 Å². The molecule has 0 amide bonds. The van der Waals surface area contributed by atoms with Crippen molar-refractivity contribution < 1.29 is 4.74 Å². The van der Waals surface area contributed by atoms with Crippen LogP contribution in [-0.4, -0.2) is 4.98 Å². The van der Waals surface area contributed by atoms with E-state index in [1.54, 1.807) is 0 Å². The van der Waals surface area contributed by atoms with Crippen LogP contribution in [0, 0.1) is 0 Å². The Kier molecular flexibility index (Phi) is 3.80. The van der Waals surface area contributed by atoms with E-state index < -0.39 is 5.41 Å². The van der Waals surface area contributed by atoms with Gasteiger partial charge in [0, 0.05) is 27.4 Å². The number of nitrogens with one attached hydrogen (secondary N) is 1. The van der Waals surface area contributed by atoms with Crippen molar-refractivity contribution in [3.05, 3.63) is 144 Å². The number of benzene rings is 5. The van der Waals surface area contributed by atoms with Crippen molar-refractivity contribution in [1.29, 1.82) is 0 Å². The van der Waals surface area contributed by atoms with E-state index in [1.165, 1.54) is 21.9 Å². The summed E-state index contributed by atoms with van der Waals surface area (Å²) >= 11 is 0. The van der Waals surface area contributed by atoms with Crippen molar-refractivity contribution in [3.8, 4) is 11.5 Å². The molecule has 0 radical (unpaired) electrons. The van der Waals surface area contributed by atoms with E-state index in [-0.39, 0.29) is 0 Å². The normalized spacial score (nSPS) is 13.9. The van der Waals surface area contributed by atoms with Gasteiger partial charge in [-0.25, -0.2) is 0 Å². The van der Waals surface area contributed by atoms with Gasteiger partial charge in [0.1, 0.15) is 5.75 Å². The minimum absolute atomic E-state index is 0.488. The number of para-hydroxylation sites is 2. The monoisotopic (exact) mass is 423 g/mol. The number of aromatic nitrogens is 1. The number of aromatic amines is 1. The molecule has 33 heavy (non-hydrogen) atoms. The Morgan fingerprint density at radius 2 is 1.15 bits per heavy atom. The number of ether oxygens (including phenoxy) is 1. The maximum absolute atomic E-state index is 6.69. The fourth-order valence-electron chi connectivity index (χ4n) is 5.58. The van der Waals surface area contributed by atoms with Crippen LogP contribution in [0.5, 0.6) is 11.5 Å². The lowest BCUT2D eigenvalue weighted by atomic mass is 9.63. The summed E-state index contributed by atoms with van der Waals surface area (Å²) < 4.78 is 6.69. The Hall–Kier alpha value is -4.30. The van der Waals surface area contributed by atoms with Gasteiger partial charge in [-0.3, -0.25) is 0 Å². The molecule has 0 spiro atoms. The van der Waals surface area contributed by atoms with Crippen LogP contribution in [-0.2, 0) is 5.41 Å². The minimum Gasteiger partial charge on any atom is -0.454 e. The van der Waals surface area contributed by atoms with Crippen LogP contribution in [0.1, 0.15) is 22.3 Å². The van der Waals surface area contributed by atoms with Crippen LogP contribution in [0.4, 0.5) is 0 Å². The summed E-state index contributed by atoms with van der Waals surface area (Å²) in [7, 11) is 0. The molecule has 5 aromatic carbocycles.